The minimum atomic E-state index is 0.0365. The van der Waals surface area contributed by atoms with Gasteiger partial charge in [0.05, 0.1) is 16.4 Å². The van der Waals surface area contributed by atoms with Crippen molar-refractivity contribution in [1.29, 1.82) is 0 Å². The molecule has 26 heavy (non-hydrogen) atoms. The van der Waals surface area contributed by atoms with E-state index in [2.05, 4.69) is 41.2 Å². The fraction of sp³-hybridized carbons (Fsp3) is 0.350. The van der Waals surface area contributed by atoms with Crippen molar-refractivity contribution in [3.63, 3.8) is 0 Å². The van der Waals surface area contributed by atoms with Gasteiger partial charge >= 0.3 is 0 Å². The van der Waals surface area contributed by atoms with Gasteiger partial charge in [-0.25, -0.2) is 4.99 Å². The van der Waals surface area contributed by atoms with E-state index in [9.17, 15) is 0 Å². The zero-order valence-electron chi connectivity index (χ0n) is 15.7. The van der Waals surface area contributed by atoms with E-state index in [1.54, 1.807) is 6.34 Å². The maximum absolute atomic E-state index is 6.42. The van der Waals surface area contributed by atoms with Crippen LogP contribution in [0.15, 0.2) is 47.5 Å². The van der Waals surface area contributed by atoms with Crippen LogP contribution in [-0.2, 0) is 0 Å². The molecular formula is C20H26Cl2N4. The first-order chi connectivity index (χ1) is 12.5. The molecule has 2 aromatic carbocycles. The number of halogens is 2. The molecule has 0 fully saturated rings. The predicted molar refractivity (Wildman–Crippen MR) is 114 cm³/mol. The number of benzene rings is 2. The van der Waals surface area contributed by atoms with E-state index in [0.717, 1.165) is 18.8 Å². The first kappa shape index (κ1) is 20.6. The van der Waals surface area contributed by atoms with E-state index < -0.39 is 0 Å². The van der Waals surface area contributed by atoms with Crippen LogP contribution in [0.5, 0.6) is 0 Å². The van der Waals surface area contributed by atoms with Crippen molar-refractivity contribution < 1.29 is 0 Å². The number of hydrogen-bond donors (Lipinski definition) is 1. The Morgan fingerprint density at radius 1 is 1.04 bits per heavy atom. The third-order valence-electron chi connectivity index (χ3n) is 4.03. The lowest BCUT2D eigenvalue weighted by atomic mass is 10.1. The zero-order valence-corrected chi connectivity index (χ0v) is 17.2. The molecule has 1 N–H and O–H groups in total. The average molecular weight is 393 g/mol. The predicted octanol–water partition coefficient (Wildman–Crippen LogP) is 5.67. The van der Waals surface area contributed by atoms with Crippen LogP contribution < -0.4 is 5.32 Å². The van der Waals surface area contributed by atoms with E-state index in [1.807, 2.05) is 49.3 Å². The Kier molecular flexibility index (Phi) is 7.76. The molecule has 2 rings (SSSR count). The minimum Gasteiger partial charge on any atom is -0.369 e. The lowest BCUT2D eigenvalue weighted by Gasteiger charge is -2.31. The maximum atomic E-state index is 6.42. The molecule has 0 aliphatic carbocycles. The summed E-state index contributed by atoms with van der Waals surface area (Å²) in [5, 5.41) is 4.60. The Labute approximate surface area is 166 Å². The number of aliphatic imine (C=N–C) groups is 1. The molecule has 140 valence electrons. The molecule has 0 bridgehead atoms. The normalized spacial score (nSPS) is 12.6. The Morgan fingerprint density at radius 3 is 2.12 bits per heavy atom. The Hall–Kier alpha value is -1.75. The van der Waals surface area contributed by atoms with Crippen LogP contribution in [0.2, 0.25) is 10.0 Å². The molecule has 1 unspecified atom stereocenters. The smallest absolute Gasteiger partial charge is 0.106 e. The highest BCUT2D eigenvalue weighted by Crippen LogP contribution is 2.37. The second-order valence-electron chi connectivity index (χ2n) is 6.18. The van der Waals surface area contributed by atoms with Gasteiger partial charge in [0.2, 0.25) is 0 Å². The van der Waals surface area contributed by atoms with Gasteiger partial charge in [-0.1, -0.05) is 67.4 Å². The van der Waals surface area contributed by atoms with Crippen molar-refractivity contribution in [2.45, 2.75) is 20.0 Å². The van der Waals surface area contributed by atoms with Crippen LogP contribution in [0.4, 0.5) is 11.4 Å². The monoisotopic (exact) mass is 392 g/mol. The third-order valence-corrected chi connectivity index (χ3v) is 4.61. The van der Waals surface area contributed by atoms with Crippen LogP contribution in [0.1, 0.15) is 25.6 Å². The maximum Gasteiger partial charge on any atom is 0.106 e. The van der Waals surface area contributed by atoms with Gasteiger partial charge in [-0.2, -0.15) is 0 Å². The number of rotatable bonds is 8. The molecule has 0 saturated heterocycles. The number of nitrogens with zero attached hydrogens (tertiary/aromatic N) is 3. The lowest BCUT2D eigenvalue weighted by Crippen LogP contribution is -2.33. The van der Waals surface area contributed by atoms with Crippen molar-refractivity contribution in [3.8, 4) is 0 Å². The third kappa shape index (κ3) is 5.37. The first-order valence-corrected chi connectivity index (χ1v) is 9.47. The molecule has 0 spiro atoms. The first-order valence-electron chi connectivity index (χ1n) is 8.71. The molecule has 1 atom stereocenters. The van der Waals surface area contributed by atoms with Gasteiger partial charge in [0.1, 0.15) is 11.9 Å². The highest BCUT2D eigenvalue weighted by molar-refractivity contribution is 6.39. The summed E-state index contributed by atoms with van der Waals surface area (Å²) in [6.45, 7) is 6.16. The van der Waals surface area contributed by atoms with Crippen LogP contribution in [0, 0.1) is 0 Å². The molecular weight excluding hydrogens is 367 g/mol. The second-order valence-corrected chi connectivity index (χ2v) is 6.99. The van der Waals surface area contributed by atoms with Crippen LogP contribution >= 0.6 is 23.2 Å². The fourth-order valence-electron chi connectivity index (χ4n) is 2.71. The molecule has 6 heteroatoms. The van der Waals surface area contributed by atoms with Gasteiger partial charge in [0, 0.05) is 19.8 Å². The van der Waals surface area contributed by atoms with Gasteiger partial charge in [-0.3, -0.25) is 4.90 Å². The molecule has 0 aromatic heterocycles. The minimum absolute atomic E-state index is 0.0365. The summed E-state index contributed by atoms with van der Waals surface area (Å²) in [6, 6.07) is 14.1. The van der Waals surface area contributed by atoms with Gasteiger partial charge < -0.3 is 10.2 Å². The lowest BCUT2D eigenvalue weighted by molar-refractivity contribution is 0.241. The SMILES string of the molecule is CCN(CC)C(Nc1cc(Cl)c(N=CN(C)C)c(Cl)c1)c1ccccc1. The molecule has 2 aromatic rings. The summed E-state index contributed by atoms with van der Waals surface area (Å²) < 4.78 is 0. The standard InChI is InChI=1S/C20H26Cl2N4/c1-5-26(6-2)20(15-10-8-7-9-11-15)24-16-12-17(21)19(18(22)13-16)23-14-25(3)4/h7-14,20,24H,5-6H2,1-4H3. The number of anilines is 1. The summed E-state index contributed by atoms with van der Waals surface area (Å²) in [6.07, 6.45) is 1.72. The van der Waals surface area contributed by atoms with Crippen LogP contribution in [0.25, 0.3) is 0 Å². The Bertz CT molecular complexity index is 705. The summed E-state index contributed by atoms with van der Waals surface area (Å²) >= 11 is 12.8. The Morgan fingerprint density at radius 2 is 1.62 bits per heavy atom. The van der Waals surface area contributed by atoms with Gasteiger partial charge in [0.15, 0.2) is 0 Å². The van der Waals surface area contributed by atoms with E-state index >= 15 is 0 Å². The van der Waals surface area contributed by atoms with Crippen molar-refractivity contribution in [3.05, 3.63) is 58.1 Å². The van der Waals surface area contributed by atoms with Crippen molar-refractivity contribution in [2.24, 2.45) is 4.99 Å². The van der Waals surface area contributed by atoms with Crippen molar-refractivity contribution in [2.75, 3.05) is 32.5 Å². The van der Waals surface area contributed by atoms with E-state index in [-0.39, 0.29) is 6.17 Å². The summed E-state index contributed by atoms with van der Waals surface area (Å²) in [5.41, 5.74) is 2.63. The molecule has 0 heterocycles. The molecule has 0 saturated carbocycles. The zero-order chi connectivity index (χ0) is 19.1. The average Bonchev–Trinajstić information content (AvgIpc) is 2.61. The molecule has 4 nitrogen and oxygen atoms in total. The van der Waals surface area contributed by atoms with Crippen LogP contribution in [-0.4, -0.2) is 43.3 Å². The molecule has 0 radical (unpaired) electrons. The topological polar surface area (TPSA) is 30.9 Å². The number of hydrogen-bond acceptors (Lipinski definition) is 3. The van der Waals surface area contributed by atoms with E-state index in [0.29, 0.717) is 15.7 Å². The summed E-state index contributed by atoms with van der Waals surface area (Å²) in [5.74, 6) is 0. The summed E-state index contributed by atoms with van der Waals surface area (Å²) in [7, 11) is 3.80. The van der Waals surface area contributed by atoms with E-state index in [1.165, 1.54) is 5.56 Å². The van der Waals surface area contributed by atoms with Gasteiger partial charge in [0.25, 0.3) is 0 Å². The summed E-state index contributed by atoms with van der Waals surface area (Å²) in [4.78, 5) is 8.53. The van der Waals surface area contributed by atoms with Crippen molar-refractivity contribution >= 4 is 40.9 Å². The molecule has 0 aliphatic heterocycles. The molecule has 0 aliphatic rings. The highest BCUT2D eigenvalue weighted by atomic mass is 35.5. The van der Waals surface area contributed by atoms with Gasteiger partial charge in [-0.05, 0) is 30.8 Å². The van der Waals surface area contributed by atoms with Crippen LogP contribution in [0.3, 0.4) is 0 Å². The van der Waals surface area contributed by atoms with E-state index in [4.69, 9.17) is 23.2 Å². The van der Waals surface area contributed by atoms with Crippen molar-refractivity contribution in [1.82, 2.24) is 9.80 Å². The molecule has 0 amide bonds. The second kappa shape index (κ2) is 9.81. The van der Waals surface area contributed by atoms with Gasteiger partial charge in [-0.15, -0.1) is 0 Å². The Balaban J connectivity index is 2.34. The highest BCUT2D eigenvalue weighted by Gasteiger charge is 2.18. The quantitative estimate of drug-likeness (QED) is 0.356. The fourth-order valence-corrected chi connectivity index (χ4v) is 3.30. The number of nitrogens with one attached hydrogen (secondary N) is 1. The largest absolute Gasteiger partial charge is 0.369 e.